The number of hydrogen-bond acceptors (Lipinski definition) is 6. The van der Waals surface area contributed by atoms with E-state index in [0.717, 1.165) is 0 Å². The van der Waals surface area contributed by atoms with Crippen molar-refractivity contribution in [1.82, 2.24) is 15.6 Å². The summed E-state index contributed by atoms with van der Waals surface area (Å²) in [6.07, 6.45) is 0. The first-order valence-corrected chi connectivity index (χ1v) is 5.54. The quantitative estimate of drug-likeness (QED) is 0.817. The largest absolute Gasteiger partial charge is 0.485 e. The number of carbonyl (C=O) groups is 1. The first-order chi connectivity index (χ1) is 9.19. The smallest absolute Gasteiger partial charge is 0.274 e. The van der Waals surface area contributed by atoms with Crippen molar-refractivity contribution >= 4 is 5.91 Å². The Morgan fingerprint density at radius 1 is 1.37 bits per heavy atom. The lowest BCUT2D eigenvalue weighted by atomic mass is 10.2. The second kappa shape index (κ2) is 5.96. The summed E-state index contributed by atoms with van der Waals surface area (Å²) in [5.74, 6) is 1.25. The predicted molar refractivity (Wildman–Crippen MR) is 64.3 cm³/mol. The fraction of sp³-hybridized carbons (Fsp3) is 0.250. The van der Waals surface area contributed by atoms with E-state index < -0.39 is 0 Å². The topological polar surface area (TPSA) is 86.5 Å². The van der Waals surface area contributed by atoms with Crippen LogP contribution >= 0.6 is 0 Å². The summed E-state index contributed by atoms with van der Waals surface area (Å²) < 4.78 is 10.3. The van der Waals surface area contributed by atoms with Crippen LogP contribution in [0.25, 0.3) is 0 Å². The SMILES string of the molecule is CONC(=O)c1ccc(OCc2noc(C)n2)cc1. The van der Waals surface area contributed by atoms with Crippen molar-refractivity contribution in [3.8, 4) is 5.75 Å². The Morgan fingerprint density at radius 3 is 2.68 bits per heavy atom. The van der Waals surface area contributed by atoms with Gasteiger partial charge in [-0.15, -0.1) is 0 Å². The minimum absolute atomic E-state index is 0.209. The van der Waals surface area contributed by atoms with E-state index in [0.29, 0.717) is 23.0 Å². The van der Waals surface area contributed by atoms with Gasteiger partial charge in [0.05, 0.1) is 7.11 Å². The highest BCUT2D eigenvalue weighted by molar-refractivity contribution is 5.93. The minimum atomic E-state index is -0.317. The molecule has 1 amide bonds. The second-order valence-corrected chi connectivity index (χ2v) is 3.68. The molecule has 0 aliphatic heterocycles. The van der Waals surface area contributed by atoms with Crippen LogP contribution in [0, 0.1) is 6.92 Å². The maximum atomic E-state index is 11.4. The Balaban J connectivity index is 1.93. The summed E-state index contributed by atoms with van der Waals surface area (Å²) in [7, 11) is 1.38. The van der Waals surface area contributed by atoms with E-state index in [-0.39, 0.29) is 12.5 Å². The average molecular weight is 263 g/mol. The van der Waals surface area contributed by atoms with Gasteiger partial charge in [0.15, 0.2) is 6.61 Å². The molecule has 1 aromatic carbocycles. The summed E-state index contributed by atoms with van der Waals surface area (Å²) in [6, 6.07) is 6.62. The Bertz CT molecular complexity index is 550. The molecule has 0 saturated heterocycles. The summed E-state index contributed by atoms with van der Waals surface area (Å²) in [6.45, 7) is 1.92. The molecular formula is C12H13N3O4. The van der Waals surface area contributed by atoms with Gasteiger partial charge >= 0.3 is 0 Å². The molecule has 19 heavy (non-hydrogen) atoms. The zero-order valence-corrected chi connectivity index (χ0v) is 10.5. The van der Waals surface area contributed by atoms with E-state index in [1.54, 1.807) is 31.2 Å². The van der Waals surface area contributed by atoms with Crippen molar-refractivity contribution in [3.05, 3.63) is 41.5 Å². The van der Waals surface area contributed by atoms with Gasteiger partial charge in [-0.25, -0.2) is 5.48 Å². The molecule has 0 unspecified atom stereocenters. The van der Waals surface area contributed by atoms with Crippen LogP contribution < -0.4 is 10.2 Å². The van der Waals surface area contributed by atoms with E-state index in [1.807, 2.05) is 0 Å². The third-order valence-electron chi connectivity index (χ3n) is 2.25. The summed E-state index contributed by atoms with van der Waals surface area (Å²) in [4.78, 5) is 20.0. The lowest BCUT2D eigenvalue weighted by Gasteiger charge is -2.05. The minimum Gasteiger partial charge on any atom is -0.485 e. The highest BCUT2D eigenvalue weighted by atomic mass is 16.6. The Hall–Kier alpha value is -2.41. The fourth-order valence-corrected chi connectivity index (χ4v) is 1.40. The molecule has 0 aliphatic carbocycles. The van der Waals surface area contributed by atoms with Crippen LogP contribution in [0.2, 0.25) is 0 Å². The summed E-state index contributed by atoms with van der Waals surface area (Å²) in [5, 5.41) is 3.71. The molecule has 1 heterocycles. The number of carbonyl (C=O) groups excluding carboxylic acids is 1. The van der Waals surface area contributed by atoms with Crippen LogP contribution in [0.3, 0.4) is 0 Å². The average Bonchev–Trinajstić information content (AvgIpc) is 2.83. The van der Waals surface area contributed by atoms with Crippen LogP contribution in [0.4, 0.5) is 0 Å². The van der Waals surface area contributed by atoms with Crippen LogP contribution in [0.5, 0.6) is 5.75 Å². The zero-order chi connectivity index (χ0) is 13.7. The van der Waals surface area contributed by atoms with Crippen molar-refractivity contribution in [1.29, 1.82) is 0 Å². The molecule has 1 N–H and O–H groups in total. The normalized spacial score (nSPS) is 10.2. The number of aryl methyl sites for hydroxylation is 1. The molecule has 7 nitrogen and oxygen atoms in total. The van der Waals surface area contributed by atoms with Gasteiger partial charge in [-0.3, -0.25) is 9.63 Å². The van der Waals surface area contributed by atoms with Crippen LogP contribution in [0.1, 0.15) is 22.1 Å². The van der Waals surface area contributed by atoms with Crippen molar-refractivity contribution in [2.75, 3.05) is 7.11 Å². The van der Waals surface area contributed by atoms with Gasteiger partial charge < -0.3 is 9.26 Å². The van der Waals surface area contributed by atoms with Crippen molar-refractivity contribution in [3.63, 3.8) is 0 Å². The number of hydroxylamine groups is 1. The number of rotatable bonds is 5. The van der Waals surface area contributed by atoms with Crippen molar-refractivity contribution in [2.24, 2.45) is 0 Å². The van der Waals surface area contributed by atoms with E-state index in [9.17, 15) is 4.79 Å². The van der Waals surface area contributed by atoms with Gasteiger partial charge in [0, 0.05) is 12.5 Å². The molecule has 7 heteroatoms. The van der Waals surface area contributed by atoms with Crippen molar-refractivity contribution in [2.45, 2.75) is 13.5 Å². The van der Waals surface area contributed by atoms with Crippen LogP contribution in [0.15, 0.2) is 28.8 Å². The number of hydrogen-bond donors (Lipinski definition) is 1. The van der Waals surface area contributed by atoms with Gasteiger partial charge in [-0.2, -0.15) is 4.98 Å². The third kappa shape index (κ3) is 3.52. The lowest BCUT2D eigenvalue weighted by Crippen LogP contribution is -2.21. The molecule has 100 valence electrons. The molecule has 0 atom stereocenters. The van der Waals surface area contributed by atoms with Crippen LogP contribution in [-0.2, 0) is 11.4 Å². The molecule has 0 radical (unpaired) electrons. The number of benzene rings is 1. The first-order valence-electron chi connectivity index (χ1n) is 5.54. The number of ether oxygens (including phenoxy) is 1. The van der Waals surface area contributed by atoms with E-state index in [1.165, 1.54) is 7.11 Å². The Morgan fingerprint density at radius 2 is 2.11 bits per heavy atom. The fourth-order valence-electron chi connectivity index (χ4n) is 1.40. The Kier molecular flexibility index (Phi) is 4.09. The zero-order valence-electron chi connectivity index (χ0n) is 10.5. The predicted octanol–water partition coefficient (Wildman–Crippen LogP) is 1.25. The summed E-state index contributed by atoms with van der Waals surface area (Å²) >= 11 is 0. The molecule has 0 spiro atoms. The maximum absolute atomic E-state index is 11.4. The van der Waals surface area contributed by atoms with Gasteiger partial charge in [-0.05, 0) is 24.3 Å². The third-order valence-corrected chi connectivity index (χ3v) is 2.25. The molecular weight excluding hydrogens is 250 g/mol. The molecule has 0 saturated carbocycles. The molecule has 0 fully saturated rings. The maximum Gasteiger partial charge on any atom is 0.274 e. The molecule has 0 bridgehead atoms. The van der Waals surface area contributed by atoms with Gasteiger partial charge in [0.1, 0.15) is 5.75 Å². The van der Waals surface area contributed by atoms with E-state index in [4.69, 9.17) is 9.26 Å². The lowest BCUT2D eigenvalue weighted by molar-refractivity contribution is 0.0537. The standard InChI is InChI=1S/C12H13N3O4/c1-8-13-11(14-19-8)7-18-10-5-3-9(4-6-10)12(16)15-17-2/h3-6H,7H2,1-2H3,(H,15,16). The monoisotopic (exact) mass is 263 g/mol. The number of nitrogens with one attached hydrogen (secondary N) is 1. The van der Waals surface area contributed by atoms with Gasteiger partial charge in [0.2, 0.25) is 11.7 Å². The first kappa shape index (κ1) is 13.0. The van der Waals surface area contributed by atoms with Gasteiger partial charge in [-0.1, -0.05) is 5.16 Å². The van der Waals surface area contributed by atoms with E-state index in [2.05, 4.69) is 20.5 Å². The van der Waals surface area contributed by atoms with E-state index >= 15 is 0 Å². The molecule has 2 aromatic rings. The highest BCUT2D eigenvalue weighted by Crippen LogP contribution is 2.13. The second-order valence-electron chi connectivity index (χ2n) is 3.68. The number of nitrogens with zero attached hydrogens (tertiary/aromatic N) is 2. The number of amides is 1. The Labute approximate surface area is 109 Å². The molecule has 1 aromatic heterocycles. The van der Waals surface area contributed by atoms with Gasteiger partial charge in [0.25, 0.3) is 5.91 Å². The van der Waals surface area contributed by atoms with Crippen molar-refractivity contribution < 1.29 is 18.9 Å². The molecule has 2 rings (SSSR count). The summed E-state index contributed by atoms with van der Waals surface area (Å²) in [5.41, 5.74) is 2.71. The van der Waals surface area contributed by atoms with Crippen LogP contribution in [-0.4, -0.2) is 23.2 Å². The number of aromatic nitrogens is 2. The highest BCUT2D eigenvalue weighted by Gasteiger charge is 2.06. The molecule has 0 aliphatic rings.